The number of nitrogens with one attached hydrogen (secondary N) is 1. The Morgan fingerprint density at radius 2 is 1.85 bits per heavy atom. The van der Waals surface area contributed by atoms with Crippen LogP contribution in [-0.4, -0.2) is 67.5 Å². The first-order valence-corrected chi connectivity index (χ1v) is 13.9. The van der Waals surface area contributed by atoms with E-state index in [4.69, 9.17) is 9.97 Å². The predicted molar refractivity (Wildman–Crippen MR) is 155 cm³/mol. The Labute approximate surface area is 232 Å². The summed E-state index contributed by atoms with van der Waals surface area (Å²) in [5, 5.41) is 14.6. The lowest BCUT2D eigenvalue weighted by molar-refractivity contribution is 0.0553. The van der Waals surface area contributed by atoms with E-state index in [0.29, 0.717) is 34.9 Å². The van der Waals surface area contributed by atoms with Crippen molar-refractivity contribution >= 4 is 28.4 Å². The Kier molecular flexibility index (Phi) is 5.79. The number of allylic oxidation sites excluding steroid dienone is 1. The minimum atomic E-state index is -1.00. The molecule has 1 aromatic carbocycles. The number of fused-ring (bicyclic) bond motifs is 3. The van der Waals surface area contributed by atoms with Gasteiger partial charge in [-0.05, 0) is 74.5 Å². The van der Waals surface area contributed by atoms with Crippen LogP contribution in [-0.2, 0) is 18.6 Å². The van der Waals surface area contributed by atoms with Gasteiger partial charge in [0, 0.05) is 43.8 Å². The third kappa shape index (κ3) is 4.10. The minimum absolute atomic E-state index is 0.221. The minimum Gasteiger partial charge on any atom is -0.384 e. The number of anilines is 3. The molecule has 0 radical (unpaired) electrons. The standard InChI is InChI=1S/C30H34N8O2/c1-4-13-37-28(39)24-14-31-29(34-27(24)38(37)25-10-5-19-11-12-30(2,40)26(19)33-25)32-22-6-8-23(9-7-22)36-17-20-15-35(3)16-21(20)18-36/h4-10,14,20-21,40H,1,11-13,15-18H2,2-3H3,(H,31,32,34). The first kappa shape index (κ1) is 25.0. The molecule has 3 unspecified atom stereocenters. The van der Waals surface area contributed by atoms with Crippen molar-refractivity contribution in [3.63, 3.8) is 0 Å². The Balaban J connectivity index is 1.20. The molecule has 2 aliphatic heterocycles. The number of hydrogen-bond donors (Lipinski definition) is 2. The average Bonchev–Trinajstić information content (AvgIpc) is 3.65. The predicted octanol–water partition coefficient (Wildman–Crippen LogP) is 3.06. The summed E-state index contributed by atoms with van der Waals surface area (Å²) in [7, 11) is 2.21. The molecule has 0 spiro atoms. The maximum atomic E-state index is 13.3. The van der Waals surface area contributed by atoms with Crippen molar-refractivity contribution in [3.8, 4) is 5.82 Å². The van der Waals surface area contributed by atoms with Gasteiger partial charge in [0.05, 0.1) is 12.2 Å². The van der Waals surface area contributed by atoms with E-state index in [0.717, 1.165) is 42.6 Å². The van der Waals surface area contributed by atoms with Crippen molar-refractivity contribution in [3.05, 3.63) is 76.9 Å². The van der Waals surface area contributed by atoms with E-state index in [1.165, 1.54) is 18.8 Å². The van der Waals surface area contributed by atoms with Gasteiger partial charge in [0.25, 0.3) is 5.56 Å². The zero-order chi connectivity index (χ0) is 27.6. The van der Waals surface area contributed by atoms with Crippen LogP contribution >= 0.6 is 0 Å². The highest BCUT2D eigenvalue weighted by Crippen LogP contribution is 2.36. The third-order valence-electron chi connectivity index (χ3n) is 8.71. The zero-order valence-electron chi connectivity index (χ0n) is 22.9. The van der Waals surface area contributed by atoms with E-state index in [9.17, 15) is 9.90 Å². The van der Waals surface area contributed by atoms with Crippen LogP contribution < -0.4 is 15.8 Å². The third-order valence-corrected chi connectivity index (χ3v) is 8.71. The summed E-state index contributed by atoms with van der Waals surface area (Å²) in [6.07, 6.45) is 4.62. The molecular formula is C30H34N8O2. The molecule has 7 rings (SSSR count). The summed E-state index contributed by atoms with van der Waals surface area (Å²) in [6.45, 7) is 10.5. The second-order valence-corrected chi connectivity index (χ2v) is 11.7. The molecule has 10 heteroatoms. The summed E-state index contributed by atoms with van der Waals surface area (Å²) in [5.41, 5.74) is 2.98. The lowest BCUT2D eigenvalue weighted by atomic mass is 10.0. The van der Waals surface area contributed by atoms with E-state index in [1.54, 1.807) is 28.6 Å². The Morgan fingerprint density at radius 1 is 1.10 bits per heavy atom. The second kappa shape index (κ2) is 9.28. The molecule has 5 heterocycles. The Bertz CT molecular complexity index is 1660. The van der Waals surface area contributed by atoms with Crippen LogP contribution in [0, 0.1) is 11.8 Å². The summed E-state index contributed by atoms with van der Waals surface area (Å²) in [6, 6.07) is 12.2. The zero-order valence-corrected chi connectivity index (χ0v) is 22.9. The monoisotopic (exact) mass is 538 g/mol. The highest BCUT2D eigenvalue weighted by molar-refractivity contribution is 5.77. The normalized spacial score (nSPS) is 24.0. The quantitative estimate of drug-likeness (QED) is 0.361. The van der Waals surface area contributed by atoms with E-state index in [2.05, 4.69) is 45.9 Å². The lowest BCUT2D eigenvalue weighted by Crippen LogP contribution is -2.26. The molecule has 0 amide bonds. The maximum Gasteiger partial charge on any atom is 0.278 e. The summed E-state index contributed by atoms with van der Waals surface area (Å²) in [4.78, 5) is 32.2. The van der Waals surface area contributed by atoms with Gasteiger partial charge in [-0.1, -0.05) is 12.1 Å². The fraction of sp³-hybridized carbons (Fsp3) is 0.400. The molecule has 206 valence electrons. The molecular weight excluding hydrogens is 504 g/mol. The summed E-state index contributed by atoms with van der Waals surface area (Å²) >= 11 is 0. The largest absolute Gasteiger partial charge is 0.384 e. The van der Waals surface area contributed by atoms with Crippen molar-refractivity contribution < 1.29 is 5.11 Å². The van der Waals surface area contributed by atoms with Gasteiger partial charge in [-0.25, -0.2) is 19.3 Å². The molecule has 2 N–H and O–H groups in total. The van der Waals surface area contributed by atoms with E-state index < -0.39 is 5.60 Å². The summed E-state index contributed by atoms with van der Waals surface area (Å²) < 4.78 is 3.25. The highest BCUT2D eigenvalue weighted by Gasteiger charge is 2.38. The van der Waals surface area contributed by atoms with Crippen LogP contribution in [0.3, 0.4) is 0 Å². The van der Waals surface area contributed by atoms with Gasteiger partial charge < -0.3 is 20.2 Å². The number of pyridine rings is 1. The lowest BCUT2D eigenvalue weighted by Gasteiger charge is -2.21. The Hall–Kier alpha value is -4.02. The van der Waals surface area contributed by atoms with Gasteiger partial charge in [-0.2, -0.15) is 4.98 Å². The summed E-state index contributed by atoms with van der Waals surface area (Å²) in [5.74, 6) is 2.41. The fourth-order valence-electron chi connectivity index (χ4n) is 6.69. The molecule has 40 heavy (non-hydrogen) atoms. The number of aliphatic hydroxyl groups is 1. The molecule has 3 aromatic heterocycles. The van der Waals surface area contributed by atoms with Gasteiger partial charge in [0.2, 0.25) is 5.95 Å². The van der Waals surface area contributed by atoms with Gasteiger partial charge in [-0.3, -0.25) is 4.79 Å². The molecule has 3 atom stereocenters. The second-order valence-electron chi connectivity index (χ2n) is 11.7. The molecule has 3 aliphatic rings. The number of hydrogen-bond acceptors (Lipinski definition) is 8. The molecule has 2 fully saturated rings. The van der Waals surface area contributed by atoms with Crippen molar-refractivity contribution in [2.45, 2.75) is 31.9 Å². The van der Waals surface area contributed by atoms with Gasteiger partial charge in [0.1, 0.15) is 11.0 Å². The first-order chi connectivity index (χ1) is 19.3. The molecule has 1 aliphatic carbocycles. The van der Waals surface area contributed by atoms with Crippen LogP contribution in [0.1, 0.15) is 24.6 Å². The number of aryl methyl sites for hydroxylation is 1. The topological polar surface area (TPSA) is 104 Å². The van der Waals surface area contributed by atoms with Gasteiger partial charge in [-0.15, -0.1) is 6.58 Å². The van der Waals surface area contributed by atoms with Gasteiger partial charge >= 0.3 is 0 Å². The SMILES string of the molecule is C=CCn1c(=O)c2cnc(Nc3ccc(N4CC5CN(C)CC5C4)cc3)nc2n1-c1ccc2c(n1)C(C)(O)CC2. The highest BCUT2D eigenvalue weighted by atomic mass is 16.3. The van der Waals surface area contributed by atoms with E-state index in [1.807, 2.05) is 24.3 Å². The molecule has 4 aromatic rings. The number of benzene rings is 1. The number of aromatic nitrogens is 5. The van der Waals surface area contributed by atoms with E-state index in [-0.39, 0.29) is 12.1 Å². The number of nitrogens with zero attached hydrogens (tertiary/aromatic N) is 7. The number of rotatable bonds is 6. The van der Waals surface area contributed by atoms with Crippen LogP contribution in [0.2, 0.25) is 0 Å². The smallest absolute Gasteiger partial charge is 0.278 e. The Morgan fingerprint density at radius 3 is 2.58 bits per heavy atom. The van der Waals surface area contributed by atoms with Crippen molar-refractivity contribution in [2.75, 3.05) is 43.4 Å². The van der Waals surface area contributed by atoms with E-state index >= 15 is 0 Å². The van der Waals surface area contributed by atoms with Gasteiger partial charge in [0.15, 0.2) is 11.5 Å². The fourth-order valence-corrected chi connectivity index (χ4v) is 6.69. The molecule has 2 saturated heterocycles. The van der Waals surface area contributed by atoms with Crippen molar-refractivity contribution in [1.29, 1.82) is 0 Å². The molecule has 10 nitrogen and oxygen atoms in total. The van der Waals surface area contributed by atoms with Crippen molar-refractivity contribution in [1.82, 2.24) is 29.2 Å². The molecule has 0 bridgehead atoms. The first-order valence-electron chi connectivity index (χ1n) is 13.9. The van der Waals surface area contributed by atoms with Crippen LogP contribution in [0.15, 0.2) is 60.0 Å². The van der Waals surface area contributed by atoms with Crippen LogP contribution in [0.5, 0.6) is 0 Å². The maximum absolute atomic E-state index is 13.3. The van der Waals surface area contributed by atoms with Crippen LogP contribution in [0.4, 0.5) is 17.3 Å². The average molecular weight is 539 g/mol. The van der Waals surface area contributed by atoms with Crippen molar-refractivity contribution in [2.24, 2.45) is 11.8 Å². The number of likely N-dealkylation sites (tertiary alicyclic amines) is 1. The molecule has 0 saturated carbocycles. The van der Waals surface area contributed by atoms with Crippen LogP contribution in [0.25, 0.3) is 16.9 Å².